The molecule has 3 heterocycles. The minimum atomic E-state index is -0.224. The highest BCUT2D eigenvalue weighted by Crippen LogP contribution is 2.28. The summed E-state index contributed by atoms with van der Waals surface area (Å²) in [6.45, 7) is 6.05. The molecule has 2 aromatic carbocycles. The van der Waals surface area contributed by atoms with E-state index < -0.39 is 0 Å². The van der Waals surface area contributed by atoms with Crippen molar-refractivity contribution in [2.75, 3.05) is 30.8 Å². The number of rotatable bonds is 6. The lowest BCUT2D eigenvalue weighted by molar-refractivity contribution is 0.263. The SMILES string of the molecule is Cc1ccc(Oc2ccc(Nc3nc(NC4CCN(C)CC4)nc4c(C)c[nH]c(=O)c34)cc2)cc1. The standard InChI is InChI=1S/C27H30N6O2/c1-17-4-8-21(9-5-17)35-22-10-6-19(7-11-22)29-25-23-24(18(2)16-28-26(23)34)31-27(32-25)30-20-12-14-33(3)15-13-20/h4-11,16,20H,12-15H2,1-3H3,(H,28,34)(H2,29,30,31,32). The van der Waals surface area contributed by atoms with E-state index in [1.165, 1.54) is 5.56 Å². The molecule has 0 spiro atoms. The van der Waals surface area contributed by atoms with E-state index in [0.29, 0.717) is 28.7 Å². The van der Waals surface area contributed by atoms with E-state index in [4.69, 9.17) is 14.7 Å². The Labute approximate surface area is 204 Å². The van der Waals surface area contributed by atoms with Gasteiger partial charge in [-0.2, -0.15) is 4.98 Å². The Balaban J connectivity index is 1.41. The van der Waals surface area contributed by atoms with Crippen LogP contribution in [-0.2, 0) is 0 Å². The molecule has 1 fully saturated rings. The quantitative estimate of drug-likeness (QED) is 0.366. The Bertz CT molecular complexity index is 1370. The Morgan fingerprint density at radius 1 is 0.971 bits per heavy atom. The van der Waals surface area contributed by atoms with Crippen LogP contribution < -0.4 is 20.9 Å². The Morgan fingerprint density at radius 3 is 2.31 bits per heavy atom. The van der Waals surface area contributed by atoms with E-state index in [2.05, 4.69) is 27.6 Å². The Hall–Kier alpha value is -3.91. The number of anilines is 3. The third-order valence-corrected chi connectivity index (χ3v) is 6.35. The lowest BCUT2D eigenvalue weighted by Crippen LogP contribution is -2.37. The van der Waals surface area contributed by atoms with Gasteiger partial charge < -0.3 is 25.3 Å². The number of nitrogens with one attached hydrogen (secondary N) is 3. The molecule has 5 rings (SSSR count). The van der Waals surface area contributed by atoms with E-state index >= 15 is 0 Å². The number of aromatic amines is 1. The normalized spacial score (nSPS) is 14.7. The number of pyridine rings is 1. The second kappa shape index (κ2) is 9.76. The molecule has 1 aliphatic heterocycles. The van der Waals surface area contributed by atoms with Gasteiger partial charge in [0.05, 0.1) is 5.52 Å². The van der Waals surface area contributed by atoms with E-state index in [0.717, 1.165) is 48.7 Å². The van der Waals surface area contributed by atoms with E-state index in [-0.39, 0.29) is 5.56 Å². The van der Waals surface area contributed by atoms with Gasteiger partial charge in [-0.25, -0.2) is 4.98 Å². The van der Waals surface area contributed by atoms with Crippen LogP contribution in [0.25, 0.3) is 10.9 Å². The van der Waals surface area contributed by atoms with Crippen LogP contribution in [0.2, 0.25) is 0 Å². The van der Waals surface area contributed by atoms with Crippen LogP contribution in [0.1, 0.15) is 24.0 Å². The van der Waals surface area contributed by atoms with E-state index in [1.807, 2.05) is 62.4 Å². The largest absolute Gasteiger partial charge is 0.457 e. The zero-order valence-electron chi connectivity index (χ0n) is 20.3. The lowest BCUT2D eigenvalue weighted by atomic mass is 10.1. The minimum absolute atomic E-state index is 0.224. The van der Waals surface area contributed by atoms with Crippen molar-refractivity contribution in [3.63, 3.8) is 0 Å². The molecule has 180 valence electrons. The van der Waals surface area contributed by atoms with Crippen molar-refractivity contribution in [2.24, 2.45) is 0 Å². The average molecular weight is 471 g/mol. The molecule has 4 aromatic rings. The van der Waals surface area contributed by atoms with Crippen LogP contribution >= 0.6 is 0 Å². The highest BCUT2D eigenvalue weighted by Gasteiger charge is 2.19. The van der Waals surface area contributed by atoms with Crippen LogP contribution in [0.5, 0.6) is 11.5 Å². The lowest BCUT2D eigenvalue weighted by Gasteiger charge is -2.29. The van der Waals surface area contributed by atoms with Crippen molar-refractivity contribution in [3.8, 4) is 11.5 Å². The van der Waals surface area contributed by atoms with Crippen LogP contribution in [0.3, 0.4) is 0 Å². The van der Waals surface area contributed by atoms with Gasteiger partial charge in [-0.15, -0.1) is 0 Å². The fourth-order valence-corrected chi connectivity index (χ4v) is 4.25. The summed E-state index contributed by atoms with van der Waals surface area (Å²) in [6, 6.07) is 15.8. The van der Waals surface area contributed by atoms with Gasteiger partial charge in [0, 0.05) is 17.9 Å². The molecular weight excluding hydrogens is 440 g/mol. The number of benzene rings is 2. The van der Waals surface area contributed by atoms with Crippen LogP contribution in [-0.4, -0.2) is 46.0 Å². The third kappa shape index (κ3) is 5.27. The average Bonchev–Trinajstić information content (AvgIpc) is 2.85. The second-order valence-corrected chi connectivity index (χ2v) is 9.21. The smallest absolute Gasteiger partial charge is 0.261 e. The van der Waals surface area contributed by atoms with Gasteiger partial charge in [0.1, 0.15) is 22.7 Å². The van der Waals surface area contributed by atoms with Crippen LogP contribution in [0.15, 0.2) is 59.5 Å². The summed E-state index contributed by atoms with van der Waals surface area (Å²) in [5, 5.41) is 7.25. The van der Waals surface area contributed by atoms with Crippen molar-refractivity contribution in [1.82, 2.24) is 19.9 Å². The maximum Gasteiger partial charge on any atom is 0.261 e. The number of nitrogens with zero attached hydrogens (tertiary/aromatic N) is 3. The number of piperidine rings is 1. The maximum atomic E-state index is 12.7. The third-order valence-electron chi connectivity index (χ3n) is 6.35. The highest BCUT2D eigenvalue weighted by atomic mass is 16.5. The van der Waals surface area contributed by atoms with Gasteiger partial charge in [0.15, 0.2) is 0 Å². The molecule has 0 amide bonds. The first-order valence-electron chi connectivity index (χ1n) is 11.9. The predicted molar refractivity (Wildman–Crippen MR) is 140 cm³/mol. The number of hydrogen-bond donors (Lipinski definition) is 3. The Kier molecular flexibility index (Phi) is 6.37. The van der Waals surface area contributed by atoms with Gasteiger partial charge in [0.25, 0.3) is 5.56 Å². The summed E-state index contributed by atoms with van der Waals surface area (Å²) >= 11 is 0. The second-order valence-electron chi connectivity index (χ2n) is 9.21. The molecule has 8 nitrogen and oxygen atoms in total. The summed E-state index contributed by atoms with van der Waals surface area (Å²) in [7, 11) is 2.14. The summed E-state index contributed by atoms with van der Waals surface area (Å²) in [5.74, 6) is 2.51. The molecule has 0 bridgehead atoms. The predicted octanol–water partition coefficient (Wildman–Crippen LogP) is 4.98. The zero-order chi connectivity index (χ0) is 24.4. The van der Waals surface area contributed by atoms with E-state index in [9.17, 15) is 4.79 Å². The van der Waals surface area contributed by atoms with Crippen molar-refractivity contribution in [2.45, 2.75) is 32.7 Å². The first-order valence-corrected chi connectivity index (χ1v) is 11.9. The number of aromatic nitrogens is 3. The molecule has 2 aromatic heterocycles. The summed E-state index contributed by atoms with van der Waals surface area (Å²) in [6.07, 6.45) is 3.74. The van der Waals surface area contributed by atoms with Crippen molar-refractivity contribution in [1.29, 1.82) is 0 Å². The monoisotopic (exact) mass is 470 g/mol. The van der Waals surface area contributed by atoms with Gasteiger partial charge in [-0.3, -0.25) is 4.79 Å². The number of ether oxygens (including phenoxy) is 1. The van der Waals surface area contributed by atoms with Crippen LogP contribution in [0.4, 0.5) is 17.5 Å². The molecular formula is C27H30N6O2. The van der Waals surface area contributed by atoms with Crippen molar-refractivity contribution < 1.29 is 4.74 Å². The molecule has 8 heteroatoms. The molecule has 3 N–H and O–H groups in total. The van der Waals surface area contributed by atoms with Crippen LogP contribution in [0, 0.1) is 13.8 Å². The molecule has 1 saturated heterocycles. The van der Waals surface area contributed by atoms with E-state index in [1.54, 1.807) is 6.20 Å². The first-order chi connectivity index (χ1) is 16.9. The summed E-state index contributed by atoms with van der Waals surface area (Å²) < 4.78 is 5.93. The van der Waals surface area contributed by atoms with Gasteiger partial charge in [0.2, 0.25) is 5.95 Å². The topological polar surface area (TPSA) is 95.2 Å². The molecule has 0 atom stereocenters. The minimum Gasteiger partial charge on any atom is -0.457 e. The number of H-pyrrole nitrogens is 1. The van der Waals surface area contributed by atoms with Crippen molar-refractivity contribution in [3.05, 3.63) is 76.2 Å². The summed E-state index contributed by atoms with van der Waals surface area (Å²) in [4.78, 5) is 27.3. The molecule has 0 radical (unpaired) electrons. The molecule has 0 saturated carbocycles. The van der Waals surface area contributed by atoms with Gasteiger partial charge in [-0.1, -0.05) is 17.7 Å². The molecule has 0 aliphatic carbocycles. The fourth-order valence-electron chi connectivity index (χ4n) is 4.25. The van der Waals surface area contributed by atoms with Gasteiger partial charge in [-0.05, 0) is 88.8 Å². The zero-order valence-corrected chi connectivity index (χ0v) is 20.3. The first kappa shape index (κ1) is 22.9. The number of aryl methyl sites for hydroxylation is 2. The fraction of sp³-hybridized carbons (Fsp3) is 0.296. The number of fused-ring (bicyclic) bond motifs is 1. The molecule has 35 heavy (non-hydrogen) atoms. The highest BCUT2D eigenvalue weighted by molar-refractivity contribution is 5.92. The molecule has 1 aliphatic rings. The Morgan fingerprint density at radius 2 is 1.63 bits per heavy atom. The number of hydrogen-bond acceptors (Lipinski definition) is 7. The van der Waals surface area contributed by atoms with Gasteiger partial charge >= 0.3 is 0 Å². The van der Waals surface area contributed by atoms with Crippen molar-refractivity contribution >= 4 is 28.4 Å². The summed E-state index contributed by atoms with van der Waals surface area (Å²) in [5.41, 5.74) is 3.29. The molecule has 0 unspecified atom stereocenters. The maximum absolute atomic E-state index is 12.7. The number of likely N-dealkylation sites (tertiary alicyclic amines) is 1.